The van der Waals surface area contributed by atoms with E-state index in [0.717, 1.165) is 16.6 Å². The van der Waals surface area contributed by atoms with Crippen LogP contribution >= 0.6 is 0 Å². The van der Waals surface area contributed by atoms with Gasteiger partial charge in [0.1, 0.15) is 12.1 Å². The van der Waals surface area contributed by atoms with Gasteiger partial charge in [-0.15, -0.1) is 0 Å². The highest BCUT2D eigenvalue weighted by Crippen LogP contribution is 2.25. The second kappa shape index (κ2) is 5.62. The fraction of sp³-hybridized carbons (Fsp3) is 0.125. The van der Waals surface area contributed by atoms with Crippen molar-refractivity contribution in [1.82, 2.24) is 24.6 Å². The molecule has 0 fully saturated rings. The minimum atomic E-state index is 0.376. The first-order chi connectivity index (χ1) is 11.3. The number of methoxy groups -OCH3 is 1. The van der Waals surface area contributed by atoms with Gasteiger partial charge in [-0.1, -0.05) is 6.07 Å². The van der Waals surface area contributed by atoms with E-state index < -0.39 is 0 Å². The lowest BCUT2D eigenvalue weighted by Crippen LogP contribution is -2.02. The van der Waals surface area contributed by atoms with Gasteiger partial charge in [0.15, 0.2) is 0 Å². The molecule has 0 saturated heterocycles. The number of benzene rings is 1. The first-order valence-electron chi connectivity index (χ1n) is 7.05. The van der Waals surface area contributed by atoms with Gasteiger partial charge >= 0.3 is 0 Å². The minimum absolute atomic E-state index is 0.376. The van der Waals surface area contributed by atoms with Crippen molar-refractivity contribution in [3.8, 4) is 11.6 Å². The molecule has 0 unspecified atom stereocenters. The van der Waals surface area contributed by atoms with Crippen molar-refractivity contribution in [2.24, 2.45) is 0 Å². The van der Waals surface area contributed by atoms with Gasteiger partial charge < -0.3 is 9.47 Å². The molecule has 0 aliphatic carbocycles. The van der Waals surface area contributed by atoms with E-state index in [0.29, 0.717) is 24.0 Å². The molecular formula is C16H13N5O2. The van der Waals surface area contributed by atoms with Gasteiger partial charge in [-0.25, -0.2) is 4.98 Å². The summed E-state index contributed by atoms with van der Waals surface area (Å²) in [5.41, 5.74) is 1.64. The molecule has 0 saturated carbocycles. The Balaban J connectivity index is 1.76. The third-order valence-corrected chi connectivity index (χ3v) is 3.36. The van der Waals surface area contributed by atoms with Crippen molar-refractivity contribution in [2.45, 2.75) is 6.61 Å². The number of hydrogen-bond acceptors (Lipinski definition) is 6. The Morgan fingerprint density at radius 2 is 2.09 bits per heavy atom. The molecule has 4 rings (SSSR count). The fourth-order valence-electron chi connectivity index (χ4n) is 2.36. The van der Waals surface area contributed by atoms with Gasteiger partial charge in [0.05, 0.1) is 17.8 Å². The Hall–Kier alpha value is -3.06. The van der Waals surface area contributed by atoms with Crippen LogP contribution in [0.25, 0.3) is 16.7 Å². The van der Waals surface area contributed by atoms with Crippen LogP contribution in [-0.2, 0) is 11.3 Å². The van der Waals surface area contributed by atoms with Crippen molar-refractivity contribution < 1.29 is 9.47 Å². The molecule has 0 bridgehead atoms. The molecule has 0 spiro atoms. The smallest absolute Gasteiger partial charge is 0.255 e. The fourth-order valence-corrected chi connectivity index (χ4v) is 2.36. The molecular weight excluding hydrogens is 294 g/mol. The number of nitrogens with zero attached hydrogens (tertiary/aromatic N) is 5. The van der Waals surface area contributed by atoms with E-state index in [1.165, 1.54) is 6.33 Å². The van der Waals surface area contributed by atoms with Crippen LogP contribution in [0.2, 0.25) is 0 Å². The van der Waals surface area contributed by atoms with E-state index in [1.54, 1.807) is 23.9 Å². The Kier molecular flexibility index (Phi) is 3.32. The highest BCUT2D eigenvalue weighted by molar-refractivity contribution is 5.79. The molecule has 1 aromatic carbocycles. The number of aromatic nitrogens is 5. The van der Waals surface area contributed by atoms with Crippen molar-refractivity contribution in [2.75, 3.05) is 7.11 Å². The van der Waals surface area contributed by atoms with Gasteiger partial charge in [0.2, 0.25) is 5.88 Å². The molecule has 0 aliphatic heterocycles. The molecule has 0 atom stereocenters. The molecule has 0 amide bonds. The Bertz CT molecular complexity index is 982. The van der Waals surface area contributed by atoms with E-state index in [-0.39, 0.29) is 0 Å². The molecule has 0 N–H and O–H groups in total. The molecule has 0 aliphatic rings. The second-order valence-electron chi connectivity index (χ2n) is 4.95. The van der Waals surface area contributed by atoms with E-state index in [1.807, 2.05) is 30.3 Å². The van der Waals surface area contributed by atoms with E-state index in [4.69, 9.17) is 9.47 Å². The minimum Gasteiger partial charge on any atom is -0.439 e. The SMILES string of the molecule is COCc1cc(Oc2ccc3ncccc3c2)n2ncnc2n1. The maximum Gasteiger partial charge on any atom is 0.255 e. The Labute approximate surface area is 131 Å². The van der Waals surface area contributed by atoms with Crippen LogP contribution in [0.15, 0.2) is 48.9 Å². The average Bonchev–Trinajstić information content (AvgIpc) is 3.04. The summed E-state index contributed by atoms with van der Waals surface area (Å²) in [7, 11) is 1.62. The van der Waals surface area contributed by atoms with Crippen LogP contribution < -0.4 is 4.74 Å². The summed E-state index contributed by atoms with van der Waals surface area (Å²) < 4.78 is 12.7. The zero-order valence-electron chi connectivity index (χ0n) is 12.4. The lowest BCUT2D eigenvalue weighted by molar-refractivity contribution is 0.181. The van der Waals surface area contributed by atoms with Crippen LogP contribution in [-0.4, -0.2) is 31.7 Å². The summed E-state index contributed by atoms with van der Waals surface area (Å²) in [6.45, 7) is 0.376. The van der Waals surface area contributed by atoms with Gasteiger partial charge in [0, 0.05) is 24.8 Å². The van der Waals surface area contributed by atoms with Crippen LogP contribution in [0.4, 0.5) is 0 Å². The normalized spacial score (nSPS) is 11.2. The first-order valence-corrected chi connectivity index (χ1v) is 7.05. The molecule has 7 heteroatoms. The zero-order valence-corrected chi connectivity index (χ0v) is 12.4. The average molecular weight is 307 g/mol. The zero-order chi connectivity index (χ0) is 15.6. The van der Waals surface area contributed by atoms with Crippen LogP contribution in [0.1, 0.15) is 5.69 Å². The summed E-state index contributed by atoms with van der Waals surface area (Å²) in [5, 5.41) is 5.15. The molecule has 4 aromatic rings. The summed E-state index contributed by atoms with van der Waals surface area (Å²) in [4.78, 5) is 12.8. The van der Waals surface area contributed by atoms with Gasteiger partial charge in [-0.05, 0) is 24.3 Å². The van der Waals surface area contributed by atoms with Crippen molar-refractivity contribution in [1.29, 1.82) is 0 Å². The molecule has 23 heavy (non-hydrogen) atoms. The number of rotatable bonds is 4. The predicted octanol–water partition coefficient (Wildman–Crippen LogP) is 2.61. The topological polar surface area (TPSA) is 74.4 Å². The third kappa shape index (κ3) is 2.58. The Morgan fingerprint density at radius 3 is 3.00 bits per heavy atom. The summed E-state index contributed by atoms with van der Waals surface area (Å²) in [6, 6.07) is 11.4. The maximum atomic E-state index is 5.98. The van der Waals surface area contributed by atoms with Crippen molar-refractivity contribution in [3.63, 3.8) is 0 Å². The lowest BCUT2D eigenvalue weighted by Gasteiger charge is -2.09. The first kappa shape index (κ1) is 13.6. The molecule has 3 heterocycles. The number of hydrogen-bond donors (Lipinski definition) is 0. The summed E-state index contributed by atoms with van der Waals surface area (Å²) in [5.74, 6) is 1.69. The number of ether oxygens (including phenoxy) is 2. The predicted molar refractivity (Wildman–Crippen MR) is 83.3 cm³/mol. The second-order valence-corrected chi connectivity index (χ2v) is 4.95. The summed E-state index contributed by atoms with van der Waals surface area (Å²) in [6.07, 6.45) is 3.21. The van der Waals surface area contributed by atoms with Gasteiger partial charge in [-0.3, -0.25) is 4.98 Å². The van der Waals surface area contributed by atoms with Crippen LogP contribution in [0.3, 0.4) is 0 Å². The van der Waals surface area contributed by atoms with Crippen molar-refractivity contribution in [3.05, 3.63) is 54.6 Å². The number of fused-ring (bicyclic) bond motifs is 2. The highest BCUT2D eigenvalue weighted by Gasteiger charge is 2.10. The summed E-state index contributed by atoms with van der Waals surface area (Å²) >= 11 is 0. The Morgan fingerprint density at radius 1 is 1.13 bits per heavy atom. The lowest BCUT2D eigenvalue weighted by atomic mass is 10.2. The third-order valence-electron chi connectivity index (χ3n) is 3.36. The molecule has 0 radical (unpaired) electrons. The monoisotopic (exact) mass is 307 g/mol. The molecule has 7 nitrogen and oxygen atoms in total. The van der Waals surface area contributed by atoms with E-state index >= 15 is 0 Å². The maximum absolute atomic E-state index is 5.98. The standard InChI is InChI=1S/C16H13N5O2/c1-22-9-12-8-15(21-16(20-12)18-10-19-21)23-13-4-5-14-11(7-13)3-2-6-17-14/h2-8,10H,9H2,1H3. The quantitative estimate of drug-likeness (QED) is 0.577. The molecule has 3 aromatic heterocycles. The van der Waals surface area contributed by atoms with Gasteiger partial charge in [0.25, 0.3) is 5.78 Å². The van der Waals surface area contributed by atoms with E-state index in [2.05, 4.69) is 20.1 Å². The van der Waals surface area contributed by atoms with E-state index in [9.17, 15) is 0 Å². The largest absolute Gasteiger partial charge is 0.439 e. The van der Waals surface area contributed by atoms with Crippen LogP contribution in [0, 0.1) is 0 Å². The number of pyridine rings is 1. The van der Waals surface area contributed by atoms with Crippen LogP contribution in [0.5, 0.6) is 11.6 Å². The molecule has 114 valence electrons. The van der Waals surface area contributed by atoms with Gasteiger partial charge in [-0.2, -0.15) is 14.6 Å². The van der Waals surface area contributed by atoms with Crippen molar-refractivity contribution >= 4 is 16.7 Å². The highest BCUT2D eigenvalue weighted by atomic mass is 16.5.